The standard InChI is InChI=1S/C16H24FN/c1-3-4-12-6-8-16(18)14(10-12)13-9-11(2)5-7-15(13)17/h5,7,9,12,14,16H,3-4,6,8,10,18H2,1-2H3. The second-order valence-corrected chi connectivity index (χ2v) is 5.76. The molecule has 1 fully saturated rings. The third kappa shape index (κ3) is 2.92. The van der Waals surface area contributed by atoms with E-state index in [1.54, 1.807) is 6.07 Å². The van der Waals surface area contributed by atoms with Crippen molar-refractivity contribution < 1.29 is 4.39 Å². The first-order valence-electron chi connectivity index (χ1n) is 7.13. The Morgan fingerprint density at radius 3 is 2.83 bits per heavy atom. The Kier molecular flexibility index (Phi) is 4.39. The van der Waals surface area contributed by atoms with E-state index in [1.807, 2.05) is 19.1 Å². The first-order valence-corrected chi connectivity index (χ1v) is 7.13. The van der Waals surface area contributed by atoms with Crippen LogP contribution in [-0.4, -0.2) is 6.04 Å². The fourth-order valence-corrected chi connectivity index (χ4v) is 3.26. The number of hydrogen-bond donors (Lipinski definition) is 1. The molecule has 0 radical (unpaired) electrons. The molecule has 3 unspecified atom stereocenters. The number of aryl methyl sites for hydroxylation is 1. The summed E-state index contributed by atoms with van der Waals surface area (Å²) in [5.41, 5.74) is 8.18. The minimum atomic E-state index is -0.0850. The highest BCUT2D eigenvalue weighted by Gasteiger charge is 2.30. The molecule has 100 valence electrons. The third-order valence-corrected chi connectivity index (χ3v) is 4.26. The average molecular weight is 249 g/mol. The Labute approximate surface area is 110 Å². The van der Waals surface area contributed by atoms with Gasteiger partial charge in [-0.2, -0.15) is 0 Å². The molecule has 18 heavy (non-hydrogen) atoms. The van der Waals surface area contributed by atoms with Gasteiger partial charge in [-0.15, -0.1) is 0 Å². The number of halogens is 1. The molecular formula is C16H24FN. The largest absolute Gasteiger partial charge is 0.327 e. The van der Waals surface area contributed by atoms with Gasteiger partial charge in [0.05, 0.1) is 0 Å². The summed E-state index contributed by atoms with van der Waals surface area (Å²) < 4.78 is 14.0. The van der Waals surface area contributed by atoms with Crippen LogP contribution in [0.1, 0.15) is 56.1 Å². The molecule has 2 heteroatoms. The van der Waals surface area contributed by atoms with Gasteiger partial charge in [0, 0.05) is 12.0 Å². The number of hydrogen-bond acceptors (Lipinski definition) is 1. The SMILES string of the molecule is CCCC1CCC(N)C(c2cc(C)ccc2F)C1. The zero-order valence-electron chi connectivity index (χ0n) is 11.5. The van der Waals surface area contributed by atoms with Crippen LogP contribution in [0, 0.1) is 18.7 Å². The van der Waals surface area contributed by atoms with Gasteiger partial charge in [0.15, 0.2) is 0 Å². The van der Waals surface area contributed by atoms with Crippen molar-refractivity contribution in [3.8, 4) is 0 Å². The van der Waals surface area contributed by atoms with Crippen LogP contribution in [0.3, 0.4) is 0 Å². The van der Waals surface area contributed by atoms with Crippen LogP contribution in [0.2, 0.25) is 0 Å². The maximum Gasteiger partial charge on any atom is 0.126 e. The molecule has 0 bridgehead atoms. The molecule has 0 amide bonds. The molecule has 0 heterocycles. The van der Waals surface area contributed by atoms with E-state index >= 15 is 0 Å². The van der Waals surface area contributed by atoms with Crippen LogP contribution >= 0.6 is 0 Å². The Bertz CT molecular complexity index is 402. The van der Waals surface area contributed by atoms with Crippen LogP contribution < -0.4 is 5.73 Å². The number of nitrogens with two attached hydrogens (primary N) is 1. The second kappa shape index (κ2) is 5.83. The highest BCUT2D eigenvalue weighted by atomic mass is 19.1. The van der Waals surface area contributed by atoms with Gasteiger partial charge in [0.2, 0.25) is 0 Å². The summed E-state index contributed by atoms with van der Waals surface area (Å²) in [7, 11) is 0. The first-order chi connectivity index (χ1) is 8.61. The van der Waals surface area contributed by atoms with Gasteiger partial charge in [0.25, 0.3) is 0 Å². The summed E-state index contributed by atoms with van der Waals surface area (Å²) in [6.07, 6.45) is 5.75. The second-order valence-electron chi connectivity index (χ2n) is 5.76. The minimum Gasteiger partial charge on any atom is -0.327 e. The molecule has 2 rings (SSSR count). The van der Waals surface area contributed by atoms with Crippen molar-refractivity contribution in [2.75, 3.05) is 0 Å². The summed E-state index contributed by atoms with van der Waals surface area (Å²) in [6, 6.07) is 5.51. The highest BCUT2D eigenvalue weighted by molar-refractivity contribution is 5.29. The molecule has 0 spiro atoms. The topological polar surface area (TPSA) is 26.0 Å². The lowest BCUT2D eigenvalue weighted by molar-refractivity contribution is 0.270. The molecule has 1 aliphatic carbocycles. The molecule has 0 saturated heterocycles. The molecule has 1 aromatic rings. The van der Waals surface area contributed by atoms with Gasteiger partial charge in [0.1, 0.15) is 5.82 Å². The predicted molar refractivity (Wildman–Crippen MR) is 74.1 cm³/mol. The van der Waals surface area contributed by atoms with Gasteiger partial charge in [-0.05, 0) is 43.7 Å². The molecule has 3 atom stereocenters. The number of rotatable bonds is 3. The monoisotopic (exact) mass is 249 g/mol. The zero-order valence-corrected chi connectivity index (χ0v) is 11.5. The van der Waals surface area contributed by atoms with E-state index in [0.717, 1.165) is 29.9 Å². The molecule has 0 aliphatic heterocycles. The minimum absolute atomic E-state index is 0.0850. The Balaban J connectivity index is 2.21. The van der Waals surface area contributed by atoms with Crippen molar-refractivity contribution in [3.63, 3.8) is 0 Å². The zero-order chi connectivity index (χ0) is 13.1. The van der Waals surface area contributed by atoms with Crippen LogP contribution in [0.25, 0.3) is 0 Å². The normalized spacial score (nSPS) is 28.3. The van der Waals surface area contributed by atoms with E-state index in [2.05, 4.69) is 6.92 Å². The average Bonchev–Trinajstić information content (AvgIpc) is 2.35. The third-order valence-electron chi connectivity index (χ3n) is 4.26. The van der Waals surface area contributed by atoms with Crippen molar-refractivity contribution in [1.29, 1.82) is 0 Å². The van der Waals surface area contributed by atoms with Crippen molar-refractivity contribution in [3.05, 3.63) is 35.1 Å². The fourth-order valence-electron chi connectivity index (χ4n) is 3.26. The maximum absolute atomic E-state index is 14.0. The lowest BCUT2D eigenvalue weighted by Crippen LogP contribution is -2.35. The highest BCUT2D eigenvalue weighted by Crippen LogP contribution is 2.38. The van der Waals surface area contributed by atoms with E-state index < -0.39 is 0 Å². The van der Waals surface area contributed by atoms with E-state index in [4.69, 9.17) is 5.73 Å². The Hall–Kier alpha value is -0.890. The van der Waals surface area contributed by atoms with Gasteiger partial charge in [-0.3, -0.25) is 0 Å². The van der Waals surface area contributed by atoms with Crippen molar-refractivity contribution >= 4 is 0 Å². The van der Waals surface area contributed by atoms with Gasteiger partial charge < -0.3 is 5.73 Å². The fraction of sp³-hybridized carbons (Fsp3) is 0.625. The van der Waals surface area contributed by atoms with Crippen molar-refractivity contribution in [2.24, 2.45) is 11.7 Å². The van der Waals surface area contributed by atoms with Crippen LogP contribution in [0.15, 0.2) is 18.2 Å². The smallest absolute Gasteiger partial charge is 0.126 e. The molecule has 1 aromatic carbocycles. The van der Waals surface area contributed by atoms with Gasteiger partial charge in [-0.1, -0.05) is 37.5 Å². The Morgan fingerprint density at radius 1 is 1.33 bits per heavy atom. The summed E-state index contributed by atoms with van der Waals surface area (Å²) in [4.78, 5) is 0. The number of benzene rings is 1. The van der Waals surface area contributed by atoms with Gasteiger partial charge >= 0.3 is 0 Å². The lowest BCUT2D eigenvalue weighted by Gasteiger charge is -2.34. The summed E-state index contributed by atoms with van der Waals surface area (Å²) in [6.45, 7) is 4.23. The van der Waals surface area contributed by atoms with Gasteiger partial charge in [-0.25, -0.2) is 4.39 Å². The quantitative estimate of drug-likeness (QED) is 0.855. The van der Waals surface area contributed by atoms with E-state index in [9.17, 15) is 4.39 Å². The van der Waals surface area contributed by atoms with Crippen LogP contribution in [0.5, 0.6) is 0 Å². The van der Waals surface area contributed by atoms with Crippen LogP contribution in [0.4, 0.5) is 4.39 Å². The van der Waals surface area contributed by atoms with Crippen LogP contribution in [-0.2, 0) is 0 Å². The molecular weight excluding hydrogens is 225 g/mol. The molecule has 1 aliphatic rings. The van der Waals surface area contributed by atoms with Crippen molar-refractivity contribution in [1.82, 2.24) is 0 Å². The van der Waals surface area contributed by atoms with E-state index in [1.165, 1.54) is 19.3 Å². The maximum atomic E-state index is 14.0. The summed E-state index contributed by atoms with van der Waals surface area (Å²) >= 11 is 0. The van der Waals surface area contributed by atoms with Crippen molar-refractivity contribution in [2.45, 2.75) is 57.9 Å². The molecule has 0 aromatic heterocycles. The first kappa shape index (κ1) is 13.5. The summed E-state index contributed by atoms with van der Waals surface area (Å²) in [5, 5.41) is 0. The van der Waals surface area contributed by atoms with E-state index in [0.29, 0.717) is 0 Å². The van der Waals surface area contributed by atoms with E-state index in [-0.39, 0.29) is 17.8 Å². The molecule has 2 N–H and O–H groups in total. The lowest BCUT2D eigenvalue weighted by atomic mass is 9.73. The molecule has 1 saturated carbocycles. The Morgan fingerprint density at radius 2 is 2.11 bits per heavy atom. The molecule has 1 nitrogen and oxygen atoms in total. The summed E-state index contributed by atoms with van der Waals surface area (Å²) in [5.74, 6) is 0.841. The predicted octanol–water partition coefficient (Wildman–Crippen LogP) is 4.15.